The zero-order valence-corrected chi connectivity index (χ0v) is 11.8. The molecule has 0 atom stereocenters. The van der Waals surface area contributed by atoms with E-state index in [1.165, 1.54) is 10.9 Å². The molecule has 3 aromatic rings. The van der Waals surface area contributed by atoms with E-state index in [1.54, 1.807) is 0 Å². The third-order valence-corrected chi connectivity index (χ3v) is 3.59. The van der Waals surface area contributed by atoms with E-state index in [2.05, 4.69) is 28.5 Å². The van der Waals surface area contributed by atoms with Gasteiger partial charge in [-0.3, -0.25) is 4.98 Å². The molecule has 1 heterocycles. The summed E-state index contributed by atoms with van der Waals surface area (Å²) in [6, 6.07) is 16.5. The Balaban J connectivity index is 1.74. The normalized spacial score (nSPS) is 10.7. The summed E-state index contributed by atoms with van der Waals surface area (Å²) in [4.78, 5) is 4.30. The van der Waals surface area contributed by atoms with Crippen molar-refractivity contribution in [2.45, 2.75) is 13.0 Å². The summed E-state index contributed by atoms with van der Waals surface area (Å²) < 4.78 is 0. The SMILES string of the molecule is OCCc1ccc(NCc2cncc3ccccc23)cc1. The van der Waals surface area contributed by atoms with Crippen LogP contribution in [0.4, 0.5) is 5.69 Å². The molecule has 0 amide bonds. The Morgan fingerprint density at radius 1 is 0.952 bits per heavy atom. The number of hydrogen-bond donors (Lipinski definition) is 2. The molecule has 2 aromatic carbocycles. The Morgan fingerprint density at radius 2 is 1.76 bits per heavy atom. The van der Waals surface area contributed by atoms with Crippen LogP contribution in [0.5, 0.6) is 0 Å². The monoisotopic (exact) mass is 278 g/mol. The van der Waals surface area contributed by atoms with Gasteiger partial charge in [0, 0.05) is 36.6 Å². The van der Waals surface area contributed by atoms with E-state index in [4.69, 9.17) is 5.11 Å². The maximum atomic E-state index is 8.92. The number of anilines is 1. The van der Waals surface area contributed by atoms with E-state index in [-0.39, 0.29) is 6.61 Å². The number of aliphatic hydroxyl groups excluding tert-OH is 1. The molecule has 0 aliphatic carbocycles. The molecule has 0 fully saturated rings. The molecular weight excluding hydrogens is 260 g/mol. The van der Waals surface area contributed by atoms with Crippen LogP contribution in [0.2, 0.25) is 0 Å². The molecule has 0 saturated carbocycles. The van der Waals surface area contributed by atoms with Crippen molar-refractivity contribution in [1.29, 1.82) is 0 Å². The van der Waals surface area contributed by atoms with Gasteiger partial charge in [0.05, 0.1) is 0 Å². The van der Waals surface area contributed by atoms with Gasteiger partial charge in [0.1, 0.15) is 0 Å². The lowest BCUT2D eigenvalue weighted by atomic mass is 10.1. The quantitative estimate of drug-likeness (QED) is 0.752. The second-order valence-corrected chi connectivity index (χ2v) is 5.04. The Kier molecular flexibility index (Phi) is 4.12. The number of fused-ring (bicyclic) bond motifs is 1. The molecule has 1 aromatic heterocycles. The largest absolute Gasteiger partial charge is 0.396 e. The summed E-state index contributed by atoms with van der Waals surface area (Å²) in [6.07, 6.45) is 4.51. The highest BCUT2D eigenvalue weighted by Gasteiger charge is 2.01. The third kappa shape index (κ3) is 3.20. The second kappa shape index (κ2) is 6.37. The molecule has 0 radical (unpaired) electrons. The Morgan fingerprint density at radius 3 is 2.57 bits per heavy atom. The lowest BCUT2D eigenvalue weighted by Gasteiger charge is -2.09. The van der Waals surface area contributed by atoms with Crippen LogP contribution < -0.4 is 5.32 Å². The molecular formula is C18H18N2O. The number of rotatable bonds is 5. The molecule has 106 valence electrons. The number of aliphatic hydroxyl groups is 1. The minimum Gasteiger partial charge on any atom is -0.396 e. The highest BCUT2D eigenvalue weighted by Crippen LogP contribution is 2.18. The third-order valence-electron chi connectivity index (χ3n) is 3.59. The fourth-order valence-corrected chi connectivity index (χ4v) is 2.44. The molecule has 0 unspecified atom stereocenters. The van der Waals surface area contributed by atoms with E-state index in [9.17, 15) is 0 Å². The Hall–Kier alpha value is -2.39. The molecule has 0 aliphatic heterocycles. The molecule has 3 rings (SSSR count). The number of nitrogens with one attached hydrogen (secondary N) is 1. The topological polar surface area (TPSA) is 45.1 Å². The summed E-state index contributed by atoms with van der Waals surface area (Å²) >= 11 is 0. The molecule has 3 heteroatoms. The average molecular weight is 278 g/mol. The maximum Gasteiger partial charge on any atom is 0.0471 e. The summed E-state index contributed by atoms with van der Waals surface area (Å²) in [5, 5.41) is 14.7. The van der Waals surface area contributed by atoms with Crippen molar-refractivity contribution in [3.05, 3.63) is 72.1 Å². The van der Waals surface area contributed by atoms with Crippen molar-refractivity contribution < 1.29 is 5.11 Å². The van der Waals surface area contributed by atoms with Crippen molar-refractivity contribution in [3.63, 3.8) is 0 Å². The first-order valence-electron chi connectivity index (χ1n) is 7.12. The smallest absolute Gasteiger partial charge is 0.0471 e. The average Bonchev–Trinajstić information content (AvgIpc) is 2.54. The minimum absolute atomic E-state index is 0.189. The van der Waals surface area contributed by atoms with Crippen LogP contribution >= 0.6 is 0 Å². The number of hydrogen-bond acceptors (Lipinski definition) is 3. The van der Waals surface area contributed by atoms with Crippen LogP contribution in [0.3, 0.4) is 0 Å². The fraction of sp³-hybridized carbons (Fsp3) is 0.167. The van der Waals surface area contributed by atoms with Gasteiger partial charge >= 0.3 is 0 Å². The molecule has 2 N–H and O–H groups in total. The summed E-state index contributed by atoms with van der Waals surface area (Å²) in [7, 11) is 0. The summed E-state index contributed by atoms with van der Waals surface area (Å²) in [5.41, 5.74) is 3.41. The second-order valence-electron chi connectivity index (χ2n) is 5.04. The standard InChI is InChI=1S/C18H18N2O/c21-10-9-14-5-7-17(8-6-14)20-13-16-12-19-11-15-3-1-2-4-18(15)16/h1-8,11-12,20-21H,9-10,13H2. The molecule has 21 heavy (non-hydrogen) atoms. The van der Waals surface area contributed by atoms with Crippen molar-refractivity contribution in [1.82, 2.24) is 4.98 Å². The van der Waals surface area contributed by atoms with Gasteiger partial charge in [-0.2, -0.15) is 0 Å². The van der Waals surface area contributed by atoms with Gasteiger partial charge in [-0.15, -0.1) is 0 Å². The first kappa shape index (κ1) is 13.6. The van der Waals surface area contributed by atoms with Crippen molar-refractivity contribution in [2.24, 2.45) is 0 Å². The van der Waals surface area contributed by atoms with Gasteiger partial charge in [0.2, 0.25) is 0 Å². The molecule has 0 spiro atoms. The molecule has 0 bridgehead atoms. The van der Waals surface area contributed by atoms with Crippen LogP contribution in [0.25, 0.3) is 10.8 Å². The lowest BCUT2D eigenvalue weighted by Crippen LogP contribution is -2.01. The van der Waals surface area contributed by atoms with E-state index < -0.39 is 0 Å². The molecule has 0 saturated heterocycles. The van der Waals surface area contributed by atoms with Crippen molar-refractivity contribution in [2.75, 3.05) is 11.9 Å². The van der Waals surface area contributed by atoms with Crippen LogP contribution in [-0.4, -0.2) is 16.7 Å². The predicted octanol–water partition coefficient (Wildman–Crippen LogP) is 3.38. The number of nitrogens with zero attached hydrogens (tertiary/aromatic N) is 1. The molecule has 3 nitrogen and oxygen atoms in total. The van der Waals surface area contributed by atoms with Crippen LogP contribution in [0, 0.1) is 0 Å². The van der Waals surface area contributed by atoms with Crippen LogP contribution in [-0.2, 0) is 13.0 Å². The number of pyridine rings is 1. The predicted molar refractivity (Wildman–Crippen MR) is 86.3 cm³/mol. The van der Waals surface area contributed by atoms with Crippen molar-refractivity contribution >= 4 is 16.5 Å². The van der Waals surface area contributed by atoms with Gasteiger partial charge in [-0.1, -0.05) is 36.4 Å². The summed E-state index contributed by atoms with van der Waals surface area (Å²) in [6.45, 7) is 0.933. The first-order valence-corrected chi connectivity index (χ1v) is 7.12. The van der Waals surface area contributed by atoms with E-state index in [1.807, 2.05) is 42.7 Å². The van der Waals surface area contributed by atoms with Gasteiger partial charge in [0.25, 0.3) is 0 Å². The zero-order chi connectivity index (χ0) is 14.5. The van der Waals surface area contributed by atoms with Gasteiger partial charge in [0.15, 0.2) is 0 Å². The van der Waals surface area contributed by atoms with Crippen LogP contribution in [0.15, 0.2) is 60.9 Å². The fourth-order valence-electron chi connectivity index (χ4n) is 2.44. The Labute approximate surface area is 124 Å². The first-order chi connectivity index (χ1) is 10.4. The maximum absolute atomic E-state index is 8.92. The Bertz CT molecular complexity index is 717. The van der Waals surface area contributed by atoms with Crippen LogP contribution in [0.1, 0.15) is 11.1 Å². The van der Waals surface area contributed by atoms with Gasteiger partial charge < -0.3 is 10.4 Å². The lowest BCUT2D eigenvalue weighted by molar-refractivity contribution is 0.299. The van der Waals surface area contributed by atoms with Gasteiger partial charge in [-0.25, -0.2) is 0 Å². The molecule has 0 aliphatic rings. The van der Waals surface area contributed by atoms with Gasteiger partial charge in [-0.05, 0) is 35.1 Å². The van der Waals surface area contributed by atoms with E-state index in [0.717, 1.165) is 23.2 Å². The van der Waals surface area contributed by atoms with E-state index >= 15 is 0 Å². The zero-order valence-electron chi connectivity index (χ0n) is 11.8. The minimum atomic E-state index is 0.189. The van der Waals surface area contributed by atoms with E-state index in [0.29, 0.717) is 6.42 Å². The highest BCUT2D eigenvalue weighted by atomic mass is 16.2. The number of benzene rings is 2. The highest BCUT2D eigenvalue weighted by molar-refractivity contribution is 5.84. The van der Waals surface area contributed by atoms with Crippen molar-refractivity contribution in [3.8, 4) is 0 Å². The summed E-state index contributed by atoms with van der Waals surface area (Å²) in [5.74, 6) is 0. The number of aromatic nitrogens is 1.